The first-order valence-corrected chi connectivity index (χ1v) is 7.87. The van der Waals surface area contributed by atoms with E-state index in [2.05, 4.69) is 11.4 Å². The number of aryl methyl sites for hydroxylation is 1. The van der Waals surface area contributed by atoms with Crippen LogP contribution in [0.4, 0.5) is 5.69 Å². The van der Waals surface area contributed by atoms with Crippen LogP contribution < -0.4 is 10.1 Å². The van der Waals surface area contributed by atoms with E-state index in [1.807, 2.05) is 42.5 Å². The zero-order valence-electron chi connectivity index (χ0n) is 12.8. The maximum absolute atomic E-state index is 12.4. The summed E-state index contributed by atoms with van der Waals surface area (Å²) in [6.07, 6.45) is 4.05. The van der Waals surface area contributed by atoms with Crippen LogP contribution in [-0.4, -0.2) is 12.0 Å². The fraction of sp³-hybridized carbons (Fsp3) is 0.316. The van der Waals surface area contributed by atoms with Gasteiger partial charge >= 0.3 is 0 Å². The SMILES string of the molecule is CC(Oc1ccccc1)C(=O)Nc1cccc2c1CCCC2. The standard InChI is InChI=1S/C19H21NO2/c1-14(22-16-10-3-2-4-11-16)19(21)20-18-13-7-9-15-8-5-6-12-17(15)18/h2-4,7,9-11,13-14H,5-6,8,12H2,1H3,(H,20,21). The summed E-state index contributed by atoms with van der Waals surface area (Å²) in [7, 11) is 0. The topological polar surface area (TPSA) is 38.3 Å². The number of rotatable bonds is 4. The minimum absolute atomic E-state index is 0.108. The molecule has 0 aromatic heterocycles. The van der Waals surface area contributed by atoms with Crippen LogP contribution in [0, 0.1) is 0 Å². The van der Waals surface area contributed by atoms with Crippen molar-refractivity contribution in [2.75, 3.05) is 5.32 Å². The van der Waals surface area contributed by atoms with Crippen LogP contribution in [0.5, 0.6) is 5.75 Å². The fourth-order valence-electron chi connectivity index (χ4n) is 2.89. The molecule has 3 rings (SSSR count). The van der Waals surface area contributed by atoms with E-state index in [0.29, 0.717) is 5.75 Å². The highest BCUT2D eigenvalue weighted by molar-refractivity contribution is 5.95. The van der Waals surface area contributed by atoms with Gasteiger partial charge in [-0.25, -0.2) is 0 Å². The number of anilines is 1. The third kappa shape index (κ3) is 3.30. The van der Waals surface area contributed by atoms with Crippen molar-refractivity contribution in [1.82, 2.24) is 0 Å². The molecule has 0 saturated heterocycles. The first-order valence-electron chi connectivity index (χ1n) is 7.87. The Morgan fingerprint density at radius 2 is 1.82 bits per heavy atom. The van der Waals surface area contributed by atoms with Crippen LogP contribution in [-0.2, 0) is 17.6 Å². The molecule has 2 aromatic rings. The van der Waals surface area contributed by atoms with Crippen LogP contribution in [0.15, 0.2) is 48.5 Å². The van der Waals surface area contributed by atoms with Gasteiger partial charge in [-0.3, -0.25) is 4.79 Å². The summed E-state index contributed by atoms with van der Waals surface area (Å²) < 4.78 is 5.68. The lowest BCUT2D eigenvalue weighted by atomic mass is 9.90. The van der Waals surface area contributed by atoms with Crippen molar-refractivity contribution < 1.29 is 9.53 Å². The Hall–Kier alpha value is -2.29. The van der Waals surface area contributed by atoms with Gasteiger partial charge in [0.05, 0.1) is 0 Å². The van der Waals surface area contributed by atoms with E-state index in [-0.39, 0.29) is 5.91 Å². The normalized spacial score (nSPS) is 14.8. The van der Waals surface area contributed by atoms with Crippen molar-refractivity contribution >= 4 is 11.6 Å². The summed E-state index contributed by atoms with van der Waals surface area (Å²) in [4.78, 5) is 12.4. The molecule has 0 bridgehead atoms. The average Bonchev–Trinajstić information content (AvgIpc) is 2.56. The van der Waals surface area contributed by atoms with Crippen molar-refractivity contribution in [2.45, 2.75) is 38.7 Å². The molecule has 22 heavy (non-hydrogen) atoms. The first kappa shape index (κ1) is 14.6. The molecule has 2 aromatic carbocycles. The molecule has 0 saturated carbocycles. The van der Waals surface area contributed by atoms with Gasteiger partial charge in [0.25, 0.3) is 5.91 Å². The summed E-state index contributed by atoms with van der Waals surface area (Å²) in [5.41, 5.74) is 3.58. The van der Waals surface area contributed by atoms with Crippen LogP contribution in [0.1, 0.15) is 30.9 Å². The third-order valence-corrected chi connectivity index (χ3v) is 4.08. The predicted octanol–water partition coefficient (Wildman–Crippen LogP) is 3.97. The Kier molecular flexibility index (Phi) is 4.42. The molecule has 0 spiro atoms. The number of hydrogen-bond donors (Lipinski definition) is 1. The molecular formula is C19H21NO2. The highest BCUT2D eigenvalue weighted by Crippen LogP contribution is 2.28. The van der Waals surface area contributed by atoms with Gasteiger partial charge in [0.15, 0.2) is 6.10 Å². The van der Waals surface area contributed by atoms with E-state index < -0.39 is 6.10 Å². The fourth-order valence-corrected chi connectivity index (χ4v) is 2.89. The van der Waals surface area contributed by atoms with Crippen molar-refractivity contribution in [3.63, 3.8) is 0 Å². The van der Waals surface area contributed by atoms with Crippen molar-refractivity contribution in [2.24, 2.45) is 0 Å². The van der Waals surface area contributed by atoms with E-state index in [0.717, 1.165) is 18.5 Å². The lowest BCUT2D eigenvalue weighted by Gasteiger charge is -2.21. The van der Waals surface area contributed by atoms with E-state index in [9.17, 15) is 4.79 Å². The van der Waals surface area contributed by atoms with Gasteiger partial charge in [0.2, 0.25) is 0 Å². The van der Waals surface area contributed by atoms with Crippen molar-refractivity contribution in [3.8, 4) is 5.75 Å². The number of amides is 1. The van der Waals surface area contributed by atoms with E-state index in [1.54, 1.807) is 6.92 Å². The summed E-state index contributed by atoms with van der Waals surface area (Å²) in [6.45, 7) is 1.78. The van der Waals surface area contributed by atoms with Crippen LogP contribution >= 0.6 is 0 Å². The number of ether oxygens (including phenoxy) is 1. The monoisotopic (exact) mass is 295 g/mol. The van der Waals surface area contributed by atoms with Crippen LogP contribution in [0.25, 0.3) is 0 Å². The number of fused-ring (bicyclic) bond motifs is 1. The van der Waals surface area contributed by atoms with Crippen molar-refractivity contribution in [3.05, 3.63) is 59.7 Å². The van der Waals surface area contributed by atoms with Gasteiger partial charge in [0.1, 0.15) is 5.75 Å². The second kappa shape index (κ2) is 6.65. The van der Waals surface area contributed by atoms with E-state index in [4.69, 9.17) is 4.74 Å². The summed E-state index contributed by atoms with van der Waals surface area (Å²) in [6, 6.07) is 15.6. The highest BCUT2D eigenvalue weighted by atomic mass is 16.5. The molecule has 1 N–H and O–H groups in total. The zero-order valence-corrected chi connectivity index (χ0v) is 12.8. The molecule has 0 radical (unpaired) electrons. The third-order valence-electron chi connectivity index (χ3n) is 4.08. The minimum atomic E-state index is -0.526. The van der Waals surface area contributed by atoms with Gasteiger partial charge in [-0.15, -0.1) is 0 Å². The molecule has 1 atom stereocenters. The summed E-state index contributed by atoms with van der Waals surface area (Å²) in [5.74, 6) is 0.600. The summed E-state index contributed by atoms with van der Waals surface area (Å²) >= 11 is 0. The van der Waals surface area contributed by atoms with Gasteiger partial charge < -0.3 is 10.1 Å². The molecule has 1 unspecified atom stereocenters. The number of hydrogen-bond acceptors (Lipinski definition) is 2. The lowest BCUT2D eigenvalue weighted by molar-refractivity contribution is -0.122. The van der Waals surface area contributed by atoms with Gasteiger partial charge in [-0.2, -0.15) is 0 Å². The quantitative estimate of drug-likeness (QED) is 0.926. The molecule has 114 valence electrons. The van der Waals surface area contributed by atoms with E-state index >= 15 is 0 Å². The molecule has 3 nitrogen and oxygen atoms in total. The van der Waals surface area contributed by atoms with Crippen molar-refractivity contribution in [1.29, 1.82) is 0 Å². The molecule has 1 aliphatic rings. The first-order chi connectivity index (χ1) is 10.7. The molecular weight excluding hydrogens is 274 g/mol. The van der Waals surface area contributed by atoms with E-state index in [1.165, 1.54) is 24.0 Å². The van der Waals surface area contributed by atoms with Gasteiger partial charge in [-0.05, 0) is 61.9 Å². The Balaban J connectivity index is 1.69. The van der Waals surface area contributed by atoms with Gasteiger partial charge in [-0.1, -0.05) is 30.3 Å². The second-order valence-electron chi connectivity index (χ2n) is 5.71. The number of carbonyl (C=O) groups excluding carboxylic acids is 1. The lowest BCUT2D eigenvalue weighted by Crippen LogP contribution is -2.30. The van der Waals surface area contributed by atoms with Crippen LogP contribution in [0.2, 0.25) is 0 Å². The minimum Gasteiger partial charge on any atom is -0.481 e. The molecule has 0 fully saturated rings. The molecule has 3 heteroatoms. The average molecular weight is 295 g/mol. The highest BCUT2D eigenvalue weighted by Gasteiger charge is 2.18. The van der Waals surface area contributed by atoms with Crippen LogP contribution in [0.3, 0.4) is 0 Å². The maximum Gasteiger partial charge on any atom is 0.265 e. The smallest absolute Gasteiger partial charge is 0.265 e. The number of para-hydroxylation sites is 1. The Bertz CT molecular complexity index is 652. The number of carbonyl (C=O) groups is 1. The molecule has 0 heterocycles. The Labute approximate surface area is 131 Å². The molecule has 1 aliphatic carbocycles. The van der Waals surface area contributed by atoms with Gasteiger partial charge in [0, 0.05) is 5.69 Å². The maximum atomic E-state index is 12.4. The molecule has 1 amide bonds. The second-order valence-corrected chi connectivity index (χ2v) is 5.71. The number of nitrogens with one attached hydrogen (secondary N) is 1. The Morgan fingerprint density at radius 3 is 2.64 bits per heavy atom. The molecule has 0 aliphatic heterocycles. The summed E-state index contributed by atoms with van der Waals surface area (Å²) in [5, 5.41) is 3.03. The zero-order chi connectivity index (χ0) is 15.4. The largest absolute Gasteiger partial charge is 0.481 e. The predicted molar refractivity (Wildman–Crippen MR) is 88.2 cm³/mol. The number of benzene rings is 2. The Morgan fingerprint density at radius 1 is 1.05 bits per heavy atom.